The minimum absolute atomic E-state index is 0.251. The van der Waals surface area contributed by atoms with Gasteiger partial charge in [0.15, 0.2) is 0 Å². The van der Waals surface area contributed by atoms with Gasteiger partial charge in [-0.3, -0.25) is 10.4 Å². The average Bonchev–Trinajstić information content (AvgIpc) is 3.17. The summed E-state index contributed by atoms with van der Waals surface area (Å²) in [6.45, 7) is 0. The van der Waals surface area contributed by atoms with Crippen LogP contribution in [0.2, 0.25) is 0 Å². The number of para-hydroxylation sites is 2. The summed E-state index contributed by atoms with van der Waals surface area (Å²) < 4.78 is 1.12. The Balaban J connectivity index is 0.000000179. The quantitative estimate of drug-likeness (QED) is 0.0414. The molecule has 0 saturated carbocycles. The molecule has 1 atom stereocenters. The molecule has 49 heavy (non-hydrogen) atoms. The van der Waals surface area contributed by atoms with Crippen LogP contribution < -0.4 is 5.06 Å². The van der Waals surface area contributed by atoms with Crippen molar-refractivity contribution in [2.75, 3.05) is 5.06 Å². The highest BCUT2D eigenvalue weighted by Gasteiger charge is 2.16. The molecule has 0 saturated heterocycles. The topological polar surface area (TPSA) is 87.2 Å². The average molecular weight is 648 g/mol. The van der Waals surface area contributed by atoms with Gasteiger partial charge in [-0.1, -0.05) is 170 Å². The maximum absolute atomic E-state index is 10.7. The maximum atomic E-state index is 10.7. The van der Waals surface area contributed by atoms with Crippen molar-refractivity contribution in [2.24, 2.45) is 0 Å². The van der Waals surface area contributed by atoms with Crippen molar-refractivity contribution < 1.29 is 25.2 Å². The van der Waals surface area contributed by atoms with Gasteiger partial charge in [0.05, 0.1) is 11.7 Å². The molecule has 0 bridgehead atoms. The fourth-order valence-corrected chi connectivity index (χ4v) is 4.59. The lowest BCUT2D eigenvalue weighted by Gasteiger charge is -2.25. The zero-order valence-corrected chi connectivity index (χ0v) is 27.0. The van der Waals surface area contributed by atoms with Gasteiger partial charge in [-0.05, 0) is 41.0 Å². The van der Waals surface area contributed by atoms with E-state index in [4.69, 9.17) is 10.0 Å². The largest absolute Gasteiger partial charge is 0.480 e. The molecule has 0 spiro atoms. The standard InChI is InChI=1S/C21H19NO.C13H12NO.C8H9BO2/c23-22(20-14-8-3-9-15-20)21(19-12-6-2-7-13-19)17-16-18-10-4-1-5-11-18;15-14(13-9-5-2-6-10-13)11-12-7-3-1-4-8-12;10-9(11)7-6-8-4-2-1-3-5-8/h1-17,21,23H;1-11,15H;1-7,10-11H/q;+1;/b17-16+;14-11-;7-6+. The van der Waals surface area contributed by atoms with E-state index < -0.39 is 7.12 Å². The van der Waals surface area contributed by atoms with Crippen LogP contribution in [0.4, 0.5) is 11.4 Å². The van der Waals surface area contributed by atoms with E-state index in [0.29, 0.717) is 0 Å². The molecule has 244 valence electrons. The van der Waals surface area contributed by atoms with Crippen LogP contribution in [-0.2, 0) is 0 Å². The second-order valence-corrected chi connectivity index (χ2v) is 10.7. The Morgan fingerprint density at radius 3 is 1.41 bits per heavy atom. The van der Waals surface area contributed by atoms with Crippen LogP contribution in [0.25, 0.3) is 12.2 Å². The number of nitrogens with zero attached hydrogens (tertiary/aromatic N) is 2. The summed E-state index contributed by atoms with van der Waals surface area (Å²) in [5.41, 5.74) is 5.57. The molecule has 6 aromatic rings. The summed E-state index contributed by atoms with van der Waals surface area (Å²) in [6, 6.07) is 57.9. The minimum atomic E-state index is -1.37. The number of anilines is 1. The number of rotatable bonds is 9. The van der Waals surface area contributed by atoms with Crippen LogP contribution in [-0.4, -0.2) is 38.5 Å². The first-order chi connectivity index (χ1) is 24.0. The Morgan fingerprint density at radius 1 is 0.510 bits per heavy atom. The molecule has 4 N–H and O–H groups in total. The molecule has 0 aliphatic heterocycles. The molecular formula is C42H40BN2O4+. The van der Waals surface area contributed by atoms with Crippen molar-refractivity contribution in [1.82, 2.24) is 0 Å². The molecule has 7 heteroatoms. The molecule has 0 aliphatic carbocycles. The molecule has 6 rings (SSSR count). The number of benzene rings is 6. The van der Waals surface area contributed by atoms with Crippen molar-refractivity contribution in [2.45, 2.75) is 6.04 Å². The molecule has 6 aromatic carbocycles. The first-order valence-corrected chi connectivity index (χ1v) is 15.8. The van der Waals surface area contributed by atoms with E-state index in [1.807, 2.05) is 194 Å². The minimum Gasteiger partial charge on any atom is -0.424 e. The predicted molar refractivity (Wildman–Crippen MR) is 201 cm³/mol. The van der Waals surface area contributed by atoms with Crippen molar-refractivity contribution in [3.05, 3.63) is 216 Å². The maximum Gasteiger partial charge on any atom is 0.480 e. The van der Waals surface area contributed by atoms with E-state index in [-0.39, 0.29) is 6.04 Å². The highest BCUT2D eigenvalue weighted by molar-refractivity contribution is 6.48. The zero-order valence-electron chi connectivity index (χ0n) is 27.0. The van der Waals surface area contributed by atoms with Gasteiger partial charge in [-0.15, -0.1) is 0 Å². The summed E-state index contributed by atoms with van der Waals surface area (Å²) in [7, 11) is -1.37. The van der Waals surface area contributed by atoms with Gasteiger partial charge in [-0.25, -0.2) is 5.06 Å². The van der Waals surface area contributed by atoms with Gasteiger partial charge in [0, 0.05) is 22.4 Å². The highest BCUT2D eigenvalue weighted by Crippen LogP contribution is 2.27. The van der Waals surface area contributed by atoms with E-state index in [0.717, 1.165) is 38.4 Å². The van der Waals surface area contributed by atoms with Crippen LogP contribution in [0.1, 0.15) is 28.3 Å². The molecule has 0 aliphatic rings. The van der Waals surface area contributed by atoms with Crippen LogP contribution in [0.3, 0.4) is 0 Å². The monoisotopic (exact) mass is 647 g/mol. The molecule has 0 fully saturated rings. The summed E-state index contributed by atoms with van der Waals surface area (Å²) in [5.74, 6) is 1.31. The fourth-order valence-electron chi connectivity index (χ4n) is 4.59. The van der Waals surface area contributed by atoms with Gasteiger partial charge in [0.2, 0.25) is 6.21 Å². The number of hydrogen-bond donors (Lipinski definition) is 4. The van der Waals surface area contributed by atoms with Gasteiger partial charge < -0.3 is 10.0 Å². The highest BCUT2D eigenvalue weighted by atomic mass is 16.5. The first kappa shape index (κ1) is 35.9. The van der Waals surface area contributed by atoms with E-state index >= 15 is 0 Å². The summed E-state index contributed by atoms with van der Waals surface area (Å²) >= 11 is 0. The molecule has 0 heterocycles. The van der Waals surface area contributed by atoms with Crippen LogP contribution in [0, 0.1) is 0 Å². The SMILES string of the molecule is O/[N+](=C\c1ccccc1)c1ccccc1.OB(O)/C=C/c1ccccc1.ON(c1ccccc1)C(/C=C/c1ccccc1)c1ccccc1. The third-order valence-corrected chi connectivity index (χ3v) is 7.05. The predicted octanol–water partition coefficient (Wildman–Crippen LogP) is 8.89. The Kier molecular flexibility index (Phi) is 14.9. The Morgan fingerprint density at radius 2 is 0.918 bits per heavy atom. The normalized spacial score (nSPS) is 11.5. The fraction of sp³-hybridized carbons (Fsp3) is 0.0238. The summed E-state index contributed by atoms with van der Waals surface area (Å²) in [5, 5.41) is 38.7. The molecule has 1 unspecified atom stereocenters. The molecule has 0 radical (unpaired) electrons. The summed E-state index contributed by atoms with van der Waals surface area (Å²) in [4.78, 5) is 0. The van der Waals surface area contributed by atoms with E-state index in [1.54, 1.807) is 12.3 Å². The van der Waals surface area contributed by atoms with Crippen LogP contribution >= 0.6 is 0 Å². The molecule has 6 nitrogen and oxygen atoms in total. The summed E-state index contributed by atoms with van der Waals surface area (Å²) in [6.07, 6.45) is 7.38. The Hall–Kier alpha value is -5.99. The van der Waals surface area contributed by atoms with E-state index in [9.17, 15) is 10.4 Å². The van der Waals surface area contributed by atoms with Gasteiger partial charge >= 0.3 is 7.12 Å². The molecule has 0 amide bonds. The second kappa shape index (κ2) is 20.3. The van der Waals surface area contributed by atoms with Crippen LogP contribution in [0.15, 0.2) is 194 Å². The smallest absolute Gasteiger partial charge is 0.424 e. The number of hydrogen-bond acceptors (Lipinski definition) is 5. The zero-order chi connectivity index (χ0) is 34.5. The Bertz CT molecular complexity index is 1840. The molecular weight excluding hydrogens is 607 g/mol. The van der Waals surface area contributed by atoms with E-state index in [2.05, 4.69) is 0 Å². The van der Waals surface area contributed by atoms with Gasteiger partial charge in [0.1, 0.15) is 0 Å². The number of hydroxylamine groups is 1. The van der Waals surface area contributed by atoms with Crippen molar-refractivity contribution >= 4 is 36.9 Å². The first-order valence-electron chi connectivity index (χ1n) is 15.8. The van der Waals surface area contributed by atoms with Crippen molar-refractivity contribution in [3.8, 4) is 0 Å². The molecule has 0 aromatic heterocycles. The van der Waals surface area contributed by atoms with Gasteiger partial charge in [0.25, 0.3) is 5.69 Å². The van der Waals surface area contributed by atoms with Gasteiger partial charge in [-0.2, -0.15) is 0 Å². The van der Waals surface area contributed by atoms with Crippen LogP contribution in [0.5, 0.6) is 0 Å². The van der Waals surface area contributed by atoms with Crippen molar-refractivity contribution in [3.63, 3.8) is 0 Å². The Labute approximate surface area is 288 Å². The van der Waals surface area contributed by atoms with Crippen molar-refractivity contribution in [1.29, 1.82) is 0 Å². The lowest BCUT2D eigenvalue weighted by Crippen LogP contribution is -2.23. The lowest BCUT2D eigenvalue weighted by atomic mass is 9.91. The lowest BCUT2D eigenvalue weighted by molar-refractivity contribution is -0.709. The third-order valence-electron chi connectivity index (χ3n) is 7.05. The third kappa shape index (κ3) is 13.0. The second-order valence-electron chi connectivity index (χ2n) is 10.7. The van der Waals surface area contributed by atoms with E-state index in [1.165, 1.54) is 11.0 Å².